The smallest absolute Gasteiger partial charge is 0.307 e. The Morgan fingerprint density at radius 3 is 2.20 bits per heavy atom. The first-order valence-corrected chi connectivity index (χ1v) is 7.62. The number of hydrogen-bond donors (Lipinski definition) is 4. The second-order valence-corrected chi connectivity index (χ2v) is 5.31. The van der Waals surface area contributed by atoms with Gasteiger partial charge in [-0.25, -0.2) is 0 Å². The van der Waals surface area contributed by atoms with Crippen LogP contribution in [0.25, 0.3) is 0 Å². The van der Waals surface area contributed by atoms with Crippen molar-refractivity contribution < 1.29 is 19.4 Å². The number of hydrogen-bond acceptors (Lipinski definition) is 4. The zero-order chi connectivity index (χ0) is 18.2. The van der Waals surface area contributed by atoms with Crippen molar-refractivity contribution in [1.29, 1.82) is 5.41 Å². The first-order valence-electron chi connectivity index (χ1n) is 7.62. The Hall–Kier alpha value is -3.35. The Balaban J connectivity index is 1.75. The highest BCUT2D eigenvalue weighted by Crippen LogP contribution is 2.12. The van der Waals surface area contributed by atoms with Crippen molar-refractivity contribution in [2.24, 2.45) is 5.73 Å². The van der Waals surface area contributed by atoms with E-state index in [2.05, 4.69) is 5.32 Å². The van der Waals surface area contributed by atoms with Crippen LogP contribution in [-0.2, 0) is 11.2 Å². The summed E-state index contributed by atoms with van der Waals surface area (Å²) in [7, 11) is 0. The van der Waals surface area contributed by atoms with Crippen LogP contribution >= 0.6 is 0 Å². The van der Waals surface area contributed by atoms with Gasteiger partial charge in [-0.3, -0.25) is 15.0 Å². The lowest BCUT2D eigenvalue weighted by Crippen LogP contribution is -2.28. The van der Waals surface area contributed by atoms with Crippen LogP contribution in [0.15, 0.2) is 48.5 Å². The number of carbonyl (C=O) groups is 2. The molecule has 0 bridgehead atoms. The number of aliphatic carboxylic acids is 1. The Kier molecular flexibility index (Phi) is 6.11. The monoisotopic (exact) mass is 341 g/mol. The maximum Gasteiger partial charge on any atom is 0.307 e. The zero-order valence-corrected chi connectivity index (χ0v) is 13.5. The van der Waals surface area contributed by atoms with Gasteiger partial charge in [0.05, 0.1) is 13.0 Å². The van der Waals surface area contributed by atoms with Gasteiger partial charge < -0.3 is 20.9 Å². The topological polar surface area (TPSA) is 126 Å². The average Bonchev–Trinajstić information content (AvgIpc) is 2.59. The van der Waals surface area contributed by atoms with Gasteiger partial charge in [-0.1, -0.05) is 24.3 Å². The molecule has 0 heterocycles. The van der Waals surface area contributed by atoms with Crippen molar-refractivity contribution in [1.82, 2.24) is 5.32 Å². The maximum absolute atomic E-state index is 12.0. The molecule has 0 saturated heterocycles. The molecule has 0 aliphatic rings. The van der Waals surface area contributed by atoms with Crippen LogP contribution in [0.3, 0.4) is 0 Å². The van der Waals surface area contributed by atoms with Gasteiger partial charge >= 0.3 is 5.97 Å². The summed E-state index contributed by atoms with van der Waals surface area (Å²) < 4.78 is 5.50. The minimum atomic E-state index is -0.882. The summed E-state index contributed by atoms with van der Waals surface area (Å²) in [5.41, 5.74) is 7.10. The highest BCUT2D eigenvalue weighted by Gasteiger charge is 2.06. The van der Waals surface area contributed by atoms with E-state index in [0.717, 1.165) is 0 Å². The number of amidine groups is 1. The molecule has 0 radical (unpaired) electrons. The van der Waals surface area contributed by atoms with E-state index in [0.29, 0.717) is 29.0 Å². The van der Waals surface area contributed by atoms with Gasteiger partial charge in [0.2, 0.25) is 0 Å². The molecule has 2 rings (SSSR count). The molecule has 1 amide bonds. The van der Waals surface area contributed by atoms with Gasteiger partial charge in [0.25, 0.3) is 5.91 Å². The van der Waals surface area contributed by atoms with E-state index >= 15 is 0 Å². The second-order valence-electron chi connectivity index (χ2n) is 5.31. The highest BCUT2D eigenvalue weighted by atomic mass is 16.5. The first kappa shape index (κ1) is 18.0. The molecule has 2 aromatic carbocycles. The van der Waals surface area contributed by atoms with Gasteiger partial charge in [-0.05, 0) is 29.8 Å². The quantitative estimate of drug-likeness (QED) is 0.328. The van der Waals surface area contributed by atoms with Crippen molar-refractivity contribution in [2.75, 3.05) is 13.2 Å². The number of carbonyl (C=O) groups excluding carboxylic acids is 1. The van der Waals surface area contributed by atoms with Crippen molar-refractivity contribution in [3.05, 3.63) is 65.2 Å². The fourth-order valence-corrected chi connectivity index (χ4v) is 2.11. The van der Waals surface area contributed by atoms with Crippen LogP contribution in [0.2, 0.25) is 0 Å². The molecule has 0 atom stereocenters. The summed E-state index contributed by atoms with van der Waals surface area (Å²) in [4.78, 5) is 22.6. The predicted octanol–water partition coefficient (Wildman–Crippen LogP) is 1.41. The molecule has 0 saturated carbocycles. The number of rotatable bonds is 8. The van der Waals surface area contributed by atoms with Crippen LogP contribution < -0.4 is 15.8 Å². The third-order valence-electron chi connectivity index (χ3n) is 3.39. The standard InChI is InChI=1S/C18H19N3O4/c19-17(20)13-3-5-14(6-4-13)18(24)21-9-10-25-15-7-1-12(2-8-15)11-16(22)23/h1-8H,9-11H2,(H3,19,20)(H,21,24)(H,22,23). The van der Waals surface area contributed by atoms with E-state index < -0.39 is 5.97 Å². The zero-order valence-electron chi connectivity index (χ0n) is 13.5. The fraction of sp³-hybridized carbons (Fsp3) is 0.167. The molecule has 0 spiro atoms. The molecule has 25 heavy (non-hydrogen) atoms. The Labute approximate surface area is 144 Å². The first-order chi connectivity index (χ1) is 12.0. The molecule has 2 aromatic rings. The van der Waals surface area contributed by atoms with Crippen molar-refractivity contribution >= 4 is 17.7 Å². The molecule has 0 fully saturated rings. The third-order valence-corrected chi connectivity index (χ3v) is 3.39. The van der Waals surface area contributed by atoms with Crippen LogP contribution in [0.1, 0.15) is 21.5 Å². The normalized spacial score (nSPS) is 10.1. The maximum atomic E-state index is 12.0. The van der Waals surface area contributed by atoms with E-state index in [-0.39, 0.29) is 24.8 Å². The number of nitrogen functional groups attached to an aromatic ring is 1. The second kappa shape index (κ2) is 8.49. The van der Waals surface area contributed by atoms with Crippen LogP contribution in [0.5, 0.6) is 5.75 Å². The Morgan fingerprint density at radius 1 is 1.04 bits per heavy atom. The van der Waals surface area contributed by atoms with E-state index in [4.69, 9.17) is 21.0 Å². The van der Waals surface area contributed by atoms with Gasteiger partial charge in [-0.15, -0.1) is 0 Å². The van der Waals surface area contributed by atoms with Crippen molar-refractivity contribution in [3.63, 3.8) is 0 Å². The van der Waals surface area contributed by atoms with Crippen LogP contribution in [-0.4, -0.2) is 36.0 Å². The molecule has 7 nitrogen and oxygen atoms in total. The number of nitrogens with two attached hydrogens (primary N) is 1. The molecule has 0 unspecified atom stereocenters. The molecule has 0 aromatic heterocycles. The predicted molar refractivity (Wildman–Crippen MR) is 93.1 cm³/mol. The van der Waals surface area contributed by atoms with Gasteiger partial charge in [-0.2, -0.15) is 0 Å². The lowest BCUT2D eigenvalue weighted by molar-refractivity contribution is -0.136. The van der Waals surface area contributed by atoms with Crippen LogP contribution in [0, 0.1) is 5.41 Å². The lowest BCUT2D eigenvalue weighted by atomic mass is 10.1. The van der Waals surface area contributed by atoms with Crippen molar-refractivity contribution in [2.45, 2.75) is 6.42 Å². The van der Waals surface area contributed by atoms with E-state index in [1.165, 1.54) is 0 Å². The summed E-state index contributed by atoms with van der Waals surface area (Å²) in [6.07, 6.45) is -0.0290. The van der Waals surface area contributed by atoms with Gasteiger partial charge in [0.1, 0.15) is 18.2 Å². The summed E-state index contributed by atoms with van der Waals surface area (Å²) in [6.45, 7) is 0.611. The summed E-state index contributed by atoms with van der Waals surface area (Å²) >= 11 is 0. The Bertz CT molecular complexity index is 755. The summed E-state index contributed by atoms with van der Waals surface area (Å²) in [5.74, 6) is -0.563. The lowest BCUT2D eigenvalue weighted by Gasteiger charge is -2.08. The molecule has 130 valence electrons. The fourth-order valence-electron chi connectivity index (χ4n) is 2.11. The third kappa shape index (κ3) is 5.65. The number of carboxylic acids is 1. The summed E-state index contributed by atoms with van der Waals surface area (Å²) in [6, 6.07) is 13.2. The number of benzene rings is 2. The number of carboxylic acid groups (broad SMARTS) is 1. The number of amides is 1. The average molecular weight is 341 g/mol. The minimum absolute atomic E-state index is 0.0290. The molecule has 0 aliphatic carbocycles. The molecule has 0 aliphatic heterocycles. The number of ether oxygens (including phenoxy) is 1. The van der Waals surface area contributed by atoms with E-state index in [9.17, 15) is 9.59 Å². The molecule has 5 N–H and O–H groups in total. The molecular weight excluding hydrogens is 322 g/mol. The minimum Gasteiger partial charge on any atom is -0.492 e. The number of nitrogens with one attached hydrogen (secondary N) is 2. The van der Waals surface area contributed by atoms with E-state index in [1.54, 1.807) is 48.5 Å². The highest BCUT2D eigenvalue weighted by molar-refractivity contribution is 5.98. The SMILES string of the molecule is N=C(N)c1ccc(C(=O)NCCOc2ccc(CC(=O)O)cc2)cc1. The largest absolute Gasteiger partial charge is 0.492 e. The van der Waals surface area contributed by atoms with Crippen LogP contribution in [0.4, 0.5) is 0 Å². The van der Waals surface area contributed by atoms with Gasteiger partial charge in [0, 0.05) is 11.1 Å². The molecular formula is C18H19N3O4. The van der Waals surface area contributed by atoms with Crippen molar-refractivity contribution in [3.8, 4) is 5.75 Å². The molecule has 7 heteroatoms. The van der Waals surface area contributed by atoms with Gasteiger partial charge in [0.15, 0.2) is 0 Å². The Morgan fingerprint density at radius 2 is 1.64 bits per heavy atom. The summed E-state index contributed by atoms with van der Waals surface area (Å²) in [5, 5.41) is 18.7. The van der Waals surface area contributed by atoms with E-state index in [1.807, 2.05) is 0 Å².